The van der Waals surface area contributed by atoms with Gasteiger partial charge in [-0.25, -0.2) is 0 Å². The van der Waals surface area contributed by atoms with Crippen molar-refractivity contribution in [3.8, 4) is 11.8 Å². The molecule has 160 valence electrons. The first kappa shape index (κ1) is 22.1. The van der Waals surface area contributed by atoms with Crippen LogP contribution in [0.5, 0.6) is 0 Å². The van der Waals surface area contributed by atoms with Crippen LogP contribution >= 0.6 is 0 Å². The third kappa shape index (κ3) is 6.20. The molecule has 0 N–H and O–H groups in total. The lowest BCUT2D eigenvalue weighted by Gasteiger charge is -2.68. The summed E-state index contributed by atoms with van der Waals surface area (Å²) in [7, 11) is 0. The molecule has 0 heterocycles. The van der Waals surface area contributed by atoms with Gasteiger partial charge in [0.05, 0.1) is 36.6 Å². The number of ether oxygens (including phenoxy) is 4. The van der Waals surface area contributed by atoms with E-state index in [1.165, 1.54) is 19.3 Å². The van der Waals surface area contributed by atoms with Crippen LogP contribution in [0.2, 0.25) is 0 Å². The van der Waals surface area contributed by atoms with E-state index >= 15 is 0 Å². The Hall–Kier alpha value is -0.600. The van der Waals surface area contributed by atoms with Crippen LogP contribution < -0.4 is 0 Å². The molecule has 0 radical (unpaired) electrons. The molecule has 0 aliphatic heterocycles. The van der Waals surface area contributed by atoms with Crippen molar-refractivity contribution < 1.29 is 18.9 Å². The second-order valence-electron chi connectivity index (χ2n) is 11.2. The van der Waals surface area contributed by atoms with Gasteiger partial charge >= 0.3 is 0 Å². The SMILES string of the molecule is CC(C)(C)OCCCOCC#CC12CC(COC3CC(OC(C)(C)C)C3)(C1)C2. The Morgan fingerprint density at radius 2 is 1.57 bits per heavy atom. The molecule has 4 heteroatoms. The summed E-state index contributed by atoms with van der Waals surface area (Å²) in [5.74, 6) is 6.70. The van der Waals surface area contributed by atoms with E-state index in [4.69, 9.17) is 18.9 Å². The van der Waals surface area contributed by atoms with Crippen molar-refractivity contribution in [2.45, 2.75) is 103 Å². The van der Waals surface area contributed by atoms with Crippen LogP contribution in [0.3, 0.4) is 0 Å². The van der Waals surface area contributed by atoms with Crippen LogP contribution in [0.25, 0.3) is 0 Å². The molecule has 4 rings (SSSR count). The summed E-state index contributed by atoms with van der Waals surface area (Å²) in [6.45, 7) is 15.5. The first-order chi connectivity index (χ1) is 13.0. The molecule has 4 aliphatic carbocycles. The van der Waals surface area contributed by atoms with E-state index in [2.05, 4.69) is 53.4 Å². The second kappa shape index (κ2) is 8.26. The summed E-state index contributed by atoms with van der Waals surface area (Å²) in [6, 6.07) is 0. The Kier molecular flexibility index (Phi) is 6.52. The van der Waals surface area contributed by atoms with Crippen LogP contribution in [0.4, 0.5) is 0 Å². The lowest BCUT2D eigenvalue weighted by atomic mass is 9.36. The van der Waals surface area contributed by atoms with E-state index in [1.54, 1.807) is 0 Å². The fourth-order valence-electron chi connectivity index (χ4n) is 4.71. The van der Waals surface area contributed by atoms with Crippen molar-refractivity contribution in [1.29, 1.82) is 0 Å². The molecule has 4 aliphatic rings. The highest BCUT2D eigenvalue weighted by Crippen LogP contribution is 2.73. The average Bonchev–Trinajstić information content (AvgIpc) is 2.44. The zero-order valence-corrected chi connectivity index (χ0v) is 18.9. The molecular weight excluding hydrogens is 352 g/mol. The van der Waals surface area contributed by atoms with Crippen molar-refractivity contribution in [3.05, 3.63) is 0 Å². The van der Waals surface area contributed by atoms with Crippen molar-refractivity contribution in [1.82, 2.24) is 0 Å². The lowest BCUT2D eigenvalue weighted by molar-refractivity contribution is -0.225. The predicted molar refractivity (Wildman–Crippen MR) is 111 cm³/mol. The van der Waals surface area contributed by atoms with E-state index in [1.807, 2.05) is 0 Å². The first-order valence-corrected chi connectivity index (χ1v) is 11.0. The molecule has 0 amide bonds. The fourth-order valence-corrected chi connectivity index (χ4v) is 4.71. The molecular formula is C24H40O4. The maximum absolute atomic E-state index is 6.15. The summed E-state index contributed by atoms with van der Waals surface area (Å²) in [6.07, 6.45) is 7.44. The van der Waals surface area contributed by atoms with Crippen molar-refractivity contribution >= 4 is 0 Å². The molecule has 4 saturated carbocycles. The minimum Gasteiger partial charge on any atom is -0.377 e. The molecule has 0 aromatic rings. The Balaban J connectivity index is 1.20. The van der Waals surface area contributed by atoms with Gasteiger partial charge in [0.25, 0.3) is 0 Å². The molecule has 0 unspecified atom stereocenters. The van der Waals surface area contributed by atoms with Crippen LogP contribution in [-0.4, -0.2) is 49.8 Å². The topological polar surface area (TPSA) is 36.9 Å². The summed E-state index contributed by atoms with van der Waals surface area (Å²) >= 11 is 0. The zero-order chi connectivity index (χ0) is 20.5. The normalized spacial score (nSPS) is 33.9. The molecule has 0 aromatic carbocycles. The van der Waals surface area contributed by atoms with Gasteiger partial charge in [0.1, 0.15) is 6.61 Å². The highest BCUT2D eigenvalue weighted by molar-refractivity contribution is 5.30. The van der Waals surface area contributed by atoms with Crippen molar-refractivity contribution in [3.63, 3.8) is 0 Å². The predicted octanol–water partition coefficient (Wildman–Crippen LogP) is 4.74. The minimum atomic E-state index is -0.0653. The van der Waals surface area contributed by atoms with Gasteiger partial charge in [0, 0.05) is 12.0 Å². The summed E-state index contributed by atoms with van der Waals surface area (Å²) in [5, 5.41) is 0. The largest absolute Gasteiger partial charge is 0.377 e. The second-order valence-corrected chi connectivity index (χ2v) is 11.2. The van der Waals surface area contributed by atoms with Gasteiger partial charge in [-0.3, -0.25) is 0 Å². The quantitative estimate of drug-likeness (QED) is 0.419. The van der Waals surface area contributed by atoms with Gasteiger partial charge in [-0.15, -0.1) is 0 Å². The molecule has 0 spiro atoms. The monoisotopic (exact) mass is 392 g/mol. The smallest absolute Gasteiger partial charge is 0.107 e. The van der Waals surface area contributed by atoms with Gasteiger partial charge in [-0.1, -0.05) is 11.8 Å². The summed E-state index contributed by atoms with van der Waals surface area (Å²) < 4.78 is 23.4. The zero-order valence-electron chi connectivity index (χ0n) is 18.9. The van der Waals surface area contributed by atoms with Crippen molar-refractivity contribution in [2.75, 3.05) is 26.4 Å². The van der Waals surface area contributed by atoms with Crippen molar-refractivity contribution in [2.24, 2.45) is 10.8 Å². The standard InChI is InChI=1S/C24H40O4/c1-21(2,3)27-12-8-11-25-10-7-9-23-15-24(16-23,17-23)18-26-19-13-20(14-19)28-22(4,5)6/h19-20H,8,10-18H2,1-6H3. The first-order valence-electron chi connectivity index (χ1n) is 11.0. The Morgan fingerprint density at radius 3 is 2.18 bits per heavy atom. The van der Waals surface area contributed by atoms with Gasteiger partial charge in [0.15, 0.2) is 0 Å². The summed E-state index contributed by atoms with van der Waals surface area (Å²) in [4.78, 5) is 0. The molecule has 28 heavy (non-hydrogen) atoms. The van der Waals surface area contributed by atoms with Crippen LogP contribution in [0, 0.1) is 22.7 Å². The third-order valence-electron chi connectivity index (χ3n) is 5.83. The Bertz CT molecular complexity index is 561. The molecule has 4 fully saturated rings. The molecule has 0 aromatic heterocycles. The van der Waals surface area contributed by atoms with E-state index < -0.39 is 0 Å². The minimum absolute atomic E-state index is 0.0432. The Labute approximate surface area is 172 Å². The fraction of sp³-hybridized carbons (Fsp3) is 0.917. The van der Waals surface area contributed by atoms with Gasteiger partial charge in [0.2, 0.25) is 0 Å². The van der Waals surface area contributed by atoms with E-state index in [-0.39, 0.29) is 16.6 Å². The van der Waals surface area contributed by atoms with Crippen LogP contribution in [0.1, 0.15) is 80.1 Å². The maximum atomic E-state index is 6.15. The molecule has 0 saturated heterocycles. The molecule has 4 nitrogen and oxygen atoms in total. The molecule has 2 bridgehead atoms. The lowest BCUT2D eigenvalue weighted by Crippen LogP contribution is -2.63. The molecule has 0 atom stereocenters. The van der Waals surface area contributed by atoms with E-state index in [0.29, 0.717) is 24.2 Å². The maximum Gasteiger partial charge on any atom is 0.107 e. The average molecular weight is 393 g/mol. The Morgan fingerprint density at radius 1 is 0.893 bits per heavy atom. The van der Waals surface area contributed by atoms with E-state index in [0.717, 1.165) is 39.1 Å². The highest BCUT2D eigenvalue weighted by Gasteiger charge is 2.67. The van der Waals surface area contributed by atoms with Crippen LogP contribution in [0.15, 0.2) is 0 Å². The number of hydrogen-bond acceptors (Lipinski definition) is 4. The van der Waals surface area contributed by atoms with Crippen LogP contribution in [-0.2, 0) is 18.9 Å². The number of hydrogen-bond donors (Lipinski definition) is 0. The van der Waals surface area contributed by atoms with Gasteiger partial charge in [-0.05, 0) is 85.5 Å². The summed E-state index contributed by atoms with van der Waals surface area (Å²) in [5.41, 5.74) is 0.595. The van der Waals surface area contributed by atoms with E-state index in [9.17, 15) is 0 Å². The highest BCUT2D eigenvalue weighted by atomic mass is 16.5. The number of rotatable bonds is 9. The van der Waals surface area contributed by atoms with Gasteiger partial charge < -0.3 is 18.9 Å². The van der Waals surface area contributed by atoms with Gasteiger partial charge in [-0.2, -0.15) is 0 Å². The third-order valence-corrected chi connectivity index (χ3v) is 5.83.